The van der Waals surface area contributed by atoms with E-state index >= 15 is 0 Å². The van der Waals surface area contributed by atoms with Crippen molar-refractivity contribution in [1.82, 2.24) is 10.1 Å². The third kappa shape index (κ3) is 2.29. The molecule has 0 radical (unpaired) electrons. The highest BCUT2D eigenvalue weighted by Crippen LogP contribution is 2.63. The van der Waals surface area contributed by atoms with Gasteiger partial charge < -0.3 is 4.52 Å². The number of halogens is 2. The van der Waals surface area contributed by atoms with Gasteiger partial charge in [-0.25, -0.2) is 8.78 Å². The zero-order valence-corrected chi connectivity index (χ0v) is 11.6. The SMILES string of the molecule is CC1(C)C(C#N)C1c1nc(Cc2ccc(F)cc2F)no1. The van der Waals surface area contributed by atoms with Crippen molar-refractivity contribution in [3.8, 4) is 6.07 Å². The van der Waals surface area contributed by atoms with Crippen LogP contribution in [0.1, 0.15) is 37.0 Å². The molecule has 0 bridgehead atoms. The Bertz CT molecular complexity index is 733. The molecule has 0 spiro atoms. The fourth-order valence-electron chi connectivity index (χ4n) is 2.64. The van der Waals surface area contributed by atoms with Gasteiger partial charge >= 0.3 is 0 Å². The first-order valence-electron chi connectivity index (χ1n) is 6.59. The molecule has 2 unspecified atom stereocenters. The standard InChI is InChI=1S/C15H13F2N3O/c1-15(2)10(7-18)13(15)14-19-12(20-21-14)5-8-3-4-9(16)6-11(8)17/h3-4,6,10,13H,5H2,1-2H3. The summed E-state index contributed by atoms with van der Waals surface area (Å²) in [6, 6.07) is 5.60. The average molecular weight is 289 g/mol. The van der Waals surface area contributed by atoms with E-state index in [2.05, 4.69) is 16.2 Å². The lowest BCUT2D eigenvalue weighted by molar-refractivity contribution is 0.363. The van der Waals surface area contributed by atoms with Gasteiger partial charge in [0.2, 0.25) is 5.89 Å². The van der Waals surface area contributed by atoms with E-state index in [1.165, 1.54) is 12.1 Å². The summed E-state index contributed by atoms with van der Waals surface area (Å²) in [5, 5.41) is 12.9. The lowest BCUT2D eigenvalue weighted by Gasteiger charge is -1.99. The number of benzene rings is 1. The molecular formula is C15H13F2N3O. The smallest absolute Gasteiger partial charge is 0.231 e. The van der Waals surface area contributed by atoms with E-state index in [-0.39, 0.29) is 23.7 Å². The number of hydrogen-bond acceptors (Lipinski definition) is 4. The highest BCUT2D eigenvalue weighted by atomic mass is 19.1. The first kappa shape index (κ1) is 13.7. The van der Waals surface area contributed by atoms with Crippen molar-refractivity contribution in [3.63, 3.8) is 0 Å². The lowest BCUT2D eigenvalue weighted by Crippen LogP contribution is -1.96. The highest BCUT2D eigenvalue weighted by Gasteiger charge is 2.62. The summed E-state index contributed by atoms with van der Waals surface area (Å²) in [5.74, 6) is -0.751. The van der Waals surface area contributed by atoms with Crippen molar-refractivity contribution in [3.05, 3.63) is 47.1 Å². The predicted octanol–water partition coefficient (Wildman–Crippen LogP) is 3.20. The minimum atomic E-state index is -0.636. The molecule has 0 N–H and O–H groups in total. The molecule has 1 fully saturated rings. The van der Waals surface area contributed by atoms with Gasteiger partial charge in [-0.1, -0.05) is 25.1 Å². The molecule has 4 nitrogen and oxygen atoms in total. The molecule has 108 valence electrons. The number of hydrogen-bond donors (Lipinski definition) is 0. The van der Waals surface area contributed by atoms with Crippen molar-refractivity contribution < 1.29 is 13.3 Å². The van der Waals surface area contributed by atoms with Crippen LogP contribution in [0, 0.1) is 34.3 Å². The van der Waals surface area contributed by atoms with Crippen LogP contribution < -0.4 is 0 Å². The molecule has 1 aliphatic carbocycles. The van der Waals surface area contributed by atoms with Crippen LogP contribution in [-0.4, -0.2) is 10.1 Å². The van der Waals surface area contributed by atoms with Gasteiger partial charge in [0.15, 0.2) is 5.82 Å². The van der Waals surface area contributed by atoms with Crippen LogP contribution >= 0.6 is 0 Å². The van der Waals surface area contributed by atoms with Crippen LogP contribution in [0.2, 0.25) is 0 Å². The maximum Gasteiger partial charge on any atom is 0.231 e. The van der Waals surface area contributed by atoms with E-state index in [0.717, 1.165) is 6.07 Å². The minimum Gasteiger partial charge on any atom is -0.339 e. The van der Waals surface area contributed by atoms with Gasteiger partial charge in [0.25, 0.3) is 0 Å². The van der Waals surface area contributed by atoms with Crippen LogP contribution in [0.3, 0.4) is 0 Å². The Hall–Kier alpha value is -2.29. The molecule has 0 saturated heterocycles. The maximum atomic E-state index is 13.6. The van der Waals surface area contributed by atoms with Crippen molar-refractivity contribution in [2.75, 3.05) is 0 Å². The van der Waals surface area contributed by atoms with E-state index in [9.17, 15) is 8.78 Å². The molecule has 1 aliphatic rings. The van der Waals surface area contributed by atoms with Gasteiger partial charge in [-0.3, -0.25) is 0 Å². The van der Waals surface area contributed by atoms with E-state index in [1.807, 2.05) is 13.8 Å². The second-order valence-electron chi connectivity index (χ2n) is 5.87. The molecule has 1 heterocycles. The zero-order valence-electron chi connectivity index (χ0n) is 11.6. The molecule has 2 atom stereocenters. The molecule has 21 heavy (non-hydrogen) atoms. The molecule has 2 aromatic rings. The third-order valence-electron chi connectivity index (χ3n) is 4.08. The van der Waals surface area contributed by atoms with Crippen molar-refractivity contribution in [1.29, 1.82) is 5.26 Å². The monoisotopic (exact) mass is 289 g/mol. The van der Waals surface area contributed by atoms with Gasteiger partial charge in [0.05, 0.1) is 17.9 Å². The molecule has 3 rings (SSSR count). The zero-order chi connectivity index (χ0) is 15.2. The fourth-order valence-corrected chi connectivity index (χ4v) is 2.64. The summed E-state index contributed by atoms with van der Waals surface area (Å²) in [5.41, 5.74) is 0.121. The number of nitrogens with zero attached hydrogens (tertiary/aromatic N) is 3. The van der Waals surface area contributed by atoms with Gasteiger partial charge in [-0.05, 0) is 17.0 Å². The Morgan fingerprint density at radius 2 is 2.14 bits per heavy atom. The van der Waals surface area contributed by atoms with Gasteiger partial charge in [0.1, 0.15) is 11.6 Å². The van der Waals surface area contributed by atoms with Crippen LogP contribution in [0.15, 0.2) is 22.7 Å². The average Bonchev–Trinajstić information content (AvgIpc) is 2.77. The Labute approximate surface area is 120 Å². The highest BCUT2D eigenvalue weighted by molar-refractivity contribution is 5.27. The maximum absolute atomic E-state index is 13.6. The first-order chi connectivity index (χ1) is 9.93. The summed E-state index contributed by atoms with van der Waals surface area (Å²) in [4.78, 5) is 4.24. The Morgan fingerprint density at radius 3 is 2.76 bits per heavy atom. The van der Waals surface area contributed by atoms with Crippen molar-refractivity contribution >= 4 is 0 Å². The van der Waals surface area contributed by atoms with E-state index in [4.69, 9.17) is 9.78 Å². The van der Waals surface area contributed by atoms with E-state index in [1.54, 1.807) is 0 Å². The van der Waals surface area contributed by atoms with Crippen LogP contribution in [0.5, 0.6) is 0 Å². The molecular weight excluding hydrogens is 276 g/mol. The van der Waals surface area contributed by atoms with Crippen LogP contribution in [-0.2, 0) is 6.42 Å². The van der Waals surface area contributed by atoms with Crippen molar-refractivity contribution in [2.45, 2.75) is 26.2 Å². The van der Waals surface area contributed by atoms with Crippen molar-refractivity contribution in [2.24, 2.45) is 11.3 Å². The van der Waals surface area contributed by atoms with E-state index in [0.29, 0.717) is 17.3 Å². The topological polar surface area (TPSA) is 62.7 Å². The summed E-state index contributed by atoms with van der Waals surface area (Å²) in [7, 11) is 0. The molecule has 0 amide bonds. The number of rotatable bonds is 3. The fraction of sp³-hybridized carbons (Fsp3) is 0.400. The normalized spacial score (nSPS) is 22.8. The molecule has 6 heteroatoms. The quantitative estimate of drug-likeness (QED) is 0.870. The summed E-state index contributed by atoms with van der Waals surface area (Å²) in [6.45, 7) is 3.93. The summed E-state index contributed by atoms with van der Waals surface area (Å²) < 4.78 is 31.6. The van der Waals surface area contributed by atoms with Gasteiger partial charge in [-0.2, -0.15) is 10.2 Å². The summed E-state index contributed by atoms with van der Waals surface area (Å²) >= 11 is 0. The molecule has 0 aliphatic heterocycles. The third-order valence-corrected chi connectivity index (χ3v) is 4.08. The predicted molar refractivity (Wildman–Crippen MR) is 69.1 cm³/mol. The molecule has 1 saturated carbocycles. The second-order valence-corrected chi connectivity index (χ2v) is 5.87. The van der Waals surface area contributed by atoms with E-state index < -0.39 is 11.6 Å². The first-order valence-corrected chi connectivity index (χ1v) is 6.59. The van der Waals surface area contributed by atoms with Crippen LogP contribution in [0.4, 0.5) is 8.78 Å². The summed E-state index contributed by atoms with van der Waals surface area (Å²) in [6.07, 6.45) is 0.125. The largest absolute Gasteiger partial charge is 0.339 e. The van der Waals surface area contributed by atoms with Gasteiger partial charge in [0, 0.05) is 12.5 Å². The Balaban J connectivity index is 1.79. The van der Waals surface area contributed by atoms with Gasteiger partial charge in [-0.15, -0.1) is 0 Å². The molecule has 1 aromatic carbocycles. The van der Waals surface area contributed by atoms with Crippen LogP contribution in [0.25, 0.3) is 0 Å². The second kappa shape index (κ2) is 4.62. The number of aromatic nitrogens is 2. The Kier molecular flexibility index (Phi) is 3.01. The minimum absolute atomic E-state index is 0.0817. The number of nitriles is 1. The lowest BCUT2D eigenvalue weighted by atomic mass is 10.1. The Morgan fingerprint density at radius 1 is 1.38 bits per heavy atom. The molecule has 1 aromatic heterocycles.